The fourth-order valence-corrected chi connectivity index (χ4v) is 3.98. The maximum atomic E-state index is 5.75. The van der Waals surface area contributed by atoms with Gasteiger partial charge in [-0.1, -0.05) is 24.3 Å². The van der Waals surface area contributed by atoms with Crippen LogP contribution in [0.4, 0.5) is 0 Å². The van der Waals surface area contributed by atoms with Crippen molar-refractivity contribution in [3.05, 3.63) is 52.7 Å². The molecule has 1 atom stereocenters. The number of guanidine groups is 1. The van der Waals surface area contributed by atoms with E-state index in [0.717, 1.165) is 51.1 Å². The van der Waals surface area contributed by atoms with Crippen molar-refractivity contribution < 1.29 is 9.47 Å². The highest BCUT2D eigenvalue weighted by Crippen LogP contribution is 2.26. The molecule has 29 heavy (non-hydrogen) atoms. The van der Waals surface area contributed by atoms with Crippen molar-refractivity contribution in [3.8, 4) is 5.75 Å². The predicted octanol–water partition coefficient (Wildman–Crippen LogP) is 3.37. The van der Waals surface area contributed by atoms with E-state index < -0.39 is 0 Å². The smallest absolute Gasteiger partial charge is 0.191 e. The largest absolute Gasteiger partial charge is 0.492 e. The molecule has 0 amide bonds. The van der Waals surface area contributed by atoms with E-state index in [0.29, 0.717) is 19.2 Å². The fourth-order valence-electron chi connectivity index (χ4n) is 3.13. The van der Waals surface area contributed by atoms with Crippen molar-refractivity contribution in [2.24, 2.45) is 4.99 Å². The number of rotatable bonds is 9. The lowest BCUT2D eigenvalue weighted by molar-refractivity contribution is 0.0186. The molecule has 1 aromatic heterocycles. The highest BCUT2D eigenvalue weighted by molar-refractivity contribution is 14.0. The van der Waals surface area contributed by atoms with E-state index in [4.69, 9.17) is 14.5 Å². The molecular formula is C21H31IN4O2S. The summed E-state index contributed by atoms with van der Waals surface area (Å²) in [4.78, 5) is 8.68. The molecule has 2 N–H and O–H groups in total. The predicted molar refractivity (Wildman–Crippen MR) is 131 cm³/mol. The maximum Gasteiger partial charge on any atom is 0.191 e. The van der Waals surface area contributed by atoms with Gasteiger partial charge < -0.3 is 20.1 Å². The Morgan fingerprint density at radius 1 is 1.17 bits per heavy atom. The van der Waals surface area contributed by atoms with Gasteiger partial charge in [0, 0.05) is 24.5 Å². The first-order chi connectivity index (χ1) is 13.9. The monoisotopic (exact) mass is 530 g/mol. The zero-order valence-electron chi connectivity index (χ0n) is 16.9. The Bertz CT molecular complexity index is 694. The van der Waals surface area contributed by atoms with Crippen LogP contribution in [-0.4, -0.2) is 63.4 Å². The fraction of sp³-hybridized carbons (Fsp3) is 0.476. The summed E-state index contributed by atoms with van der Waals surface area (Å²) in [5.74, 6) is 1.71. The molecule has 8 heteroatoms. The summed E-state index contributed by atoms with van der Waals surface area (Å²) in [5, 5.41) is 8.83. The molecule has 1 aliphatic rings. The summed E-state index contributed by atoms with van der Waals surface area (Å²) < 4.78 is 11.3. The van der Waals surface area contributed by atoms with Crippen LogP contribution in [0.2, 0.25) is 0 Å². The zero-order chi connectivity index (χ0) is 19.4. The van der Waals surface area contributed by atoms with E-state index >= 15 is 0 Å². The lowest BCUT2D eigenvalue weighted by Gasteiger charge is -2.33. The quantitative estimate of drug-likeness (QED) is 0.226. The minimum absolute atomic E-state index is 0. The number of nitrogens with one attached hydrogen (secondary N) is 2. The Balaban J connectivity index is 0.00000300. The second kappa shape index (κ2) is 13.8. The molecule has 0 bridgehead atoms. The number of halogens is 1. The molecule has 0 radical (unpaired) electrons. The van der Waals surface area contributed by atoms with Crippen LogP contribution in [0.5, 0.6) is 5.75 Å². The number of ether oxygens (including phenoxy) is 2. The van der Waals surface area contributed by atoms with Crippen LogP contribution in [0.1, 0.15) is 17.8 Å². The van der Waals surface area contributed by atoms with Crippen LogP contribution < -0.4 is 15.4 Å². The van der Waals surface area contributed by atoms with Crippen molar-refractivity contribution in [3.63, 3.8) is 0 Å². The SMILES string of the molecule is CCNC(=NCC(c1cccs1)N1CCOCC1)NCCOc1ccccc1.I. The van der Waals surface area contributed by atoms with Crippen LogP contribution in [0.3, 0.4) is 0 Å². The van der Waals surface area contributed by atoms with E-state index in [-0.39, 0.29) is 24.0 Å². The van der Waals surface area contributed by atoms with Crippen molar-refractivity contribution in [1.29, 1.82) is 0 Å². The van der Waals surface area contributed by atoms with Crippen LogP contribution in [0.15, 0.2) is 52.8 Å². The Hall–Kier alpha value is -1.36. The second-order valence-electron chi connectivity index (χ2n) is 6.49. The Morgan fingerprint density at radius 3 is 2.66 bits per heavy atom. The molecule has 0 aliphatic carbocycles. The van der Waals surface area contributed by atoms with Crippen molar-refractivity contribution in [2.45, 2.75) is 13.0 Å². The van der Waals surface area contributed by atoms with Crippen LogP contribution in [0.25, 0.3) is 0 Å². The first-order valence-electron chi connectivity index (χ1n) is 9.92. The number of hydrogen-bond acceptors (Lipinski definition) is 5. The van der Waals surface area contributed by atoms with Gasteiger partial charge in [-0.2, -0.15) is 0 Å². The summed E-state index contributed by atoms with van der Waals surface area (Å²) in [6, 6.07) is 14.5. The van der Waals surface area contributed by atoms with E-state index in [2.05, 4.69) is 40.0 Å². The molecule has 1 aliphatic heterocycles. The lowest BCUT2D eigenvalue weighted by atomic mass is 10.2. The highest BCUT2D eigenvalue weighted by atomic mass is 127. The van der Waals surface area contributed by atoms with Crippen molar-refractivity contribution in [1.82, 2.24) is 15.5 Å². The molecule has 2 aromatic rings. The van der Waals surface area contributed by atoms with Gasteiger partial charge in [0.25, 0.3) is 0 Å². The van der Waals surface area contributed by atoms with Gasteiger partial charge in [0.15, 0.2) is 5.96 Å². The highest BCUT2D eigenvalue weighted by Gasteiger charge is 2.23. The van der Waals surface area contributed by atoms with Crippen molar-refractivity contribution >= 4 is 41.3 Å². The first-order valence-corrected chi connectivity index (χ1v) is 10.8. The molecule has 1 saturated heterocycles. The standard InChI is InChI=1S/C21H30N4O2S.HI/c1-2-22-21(23-10-13-27-18-7-4-3-5-8-18)24-17-19(20-9-6-16-28-20)25-11-14-26-15-12-25;/h3-9,16,19H,2,10-15,17H2,1H3,(H2,22,23,24);1H. The first kappa shape index (κ1) is 23.9. The summed E-state index contributed by atoms with van der Waals surface area (Å²) >= 11 is 1.80. The molecule has 3 rings (SSSR count). The number of hydrogen-bond donors (Lipinski definition) is 2. The third kappa shape index (κ3) is 8.12. The minimum atomic E-state index is 0. The van der Waals surface area contributed by atoms with Crippen LogP contribution in [0, 0.1) is 0 Å². The Labute approximate surface area is 194 Å². The zero-order valence-corrected chi connectivity index (χ0v) is 20.0. The molecule has 1 fully saturated rings. The summed E-state index contributed by atoms with van der Waals surface area (Å²) in [6.07, 6.45) is 0. The van der Waals surface area contributed by atoms with E-state index in [1.165, 1.54) is 4.88 Å². The van der Waals surface area contributed by atoms with E-state index in [1.807, 2.05) is 30.3 Å². The van der Waals surface area contributed by atoms with Gasteiger partial charge in [-0.25, -0.2) is 0 Å². The van der Waals surface area contributed by atoms with Crippen molar-refractivity contribution in [2.75, 3.05) is 52.5 Å². The van der Waals surface area contributed by atoms with Crippen LogP contribution in [-0.2, 0) is 4.74 Å². The van der Waals surface area contributed by atoms with E-state index in [9.17, 15) is 0 Å². The van der Waals surface area contributed by atoms with Gasteiger partial charge in [-0.3, -0.25) is 9.89 Å². The molecule has 2 heterocycles. The molecule has 0 saturated carbocycles. The Morgan fingerprint density at radius 2 is 1.97 bits per heavy atom. The number of thiophene rings is 1. The summed E-state index contributed by atoms with van der Waals surface area (Å²) in [5.41, 5.74) is 0. The molecule has 160 valence electrons. The number of aliphatic imine (C=N–C) groups is 1. The maximum absolute atomic E-state index is 5.75. The van der Waals surface area contributed by atoms with Gasteiger partial charge in [0.05, 0.1) is 32.3 Å². The molecule has 1 aromatic carbocycles. The number of nitrogens with zero attached hydrogens (tertiary/aromatic N) is 2. The van der Waals surface area contributed by atoms with Gasteiger partial charge >= 0.3 is 0 Å². The molecule has 6 nitrogen and oxygen atoms in total. The lowest BCUT2D eigenvalue weighted by Crippen LogP contribution is -2.42. The average molecular weight is 530 g/mol. The third-order valence-electron chi connectivity index (χ3n) is 4.53. The van der Waals surface area contributed by atoms with Gasteiger partial charge in [0.1, 0.15) is 12.4 Å². The topological polar surface area (TPSA) is 58.1 Å². The summed E-state index contributed by atoms with van der Waals surface area (Å²) in [7, 11) is 0. The number of para-hydroxylation sites is 1. The minimum Gasteiger partial charge on any atom is -0.492 e. The van der Waals surface area contributed by atoms with Crippen LogP contribution >= 0.6 is 35.3 Å². The van der Waals surface area contributed by atoms with E-state index in [1.54, 1.807) is 11.3 Å². The molecule has 0 spiro atoms. The Kier molecular flexibility index (Phi) is 11.4. The molecular weight excluding hydrogens is 499 g/mol. The normalized spacial score (nSPS) is 16.0. The van der Waals surface area contributed by atoms with Gasteiger partial charge in [0.2, 0.25) is 0 Å². The number of morpholine rings is 1. The number of benzene rings is 1. The second-order valence-corrected chi connectivity index (χ2v) is 7.47. The van der Waals surface area contributed by atoms with Gasteiger partial charge in [-0.15, -0.1) is 35.3 Å². The third-order valence-corrected chi connectivity index (χ3v) is 5.50. The summed E-state index contributed by atoms with van der Waals surface area (Å²) in [6.45, 7) is 8.40. The average Bonchev–Trinajstić information content (AvgIpc) is 3.27. The molecule has 1 unspecified atom stereocenters. The van der Waals surface area contributed by atoms with Gasteiger partial charge in [-0.05, 0) is 30.5 Å².